The lowest BCUT2D eigenvalue weighted by atomic mass is 10.2. The topological polar surface area (TPSA) is 94.8 Å². The molecule has 0 saturated carbocycles. The second-order valence-electron chi connectivity index (χ2n) is 3.57. The number of aromatic amines is 2. The molecule has 19 heavy (non-hydrogen) atoms. The number of carbonyl (C=O) groups is 1. The molecule has 0 atom stereocenters. The Balaban J connectivity index is 2.28. The number of hydrogen-bond donors (Lipinski definition) is 3. The maximum atomic E-state index is 11.8. The van der Waals surface area contributed by atoms with E-state index in [0.29, 0.717) is 10.7 Å². The van der Waals surface area contributed by atoms with Crippen molar-refractivity contribution in [3.8, 4) is 0 Å². The van der Waals surface area contributed by atoms with Gasteiger partial charge in [-0.25, -0.2) is 4.79 Å². The largest absolute Gasteiger partial charge is 0.325 e. The van der Waals surface area contributed by atoms with E-state index in [2.05, 4.69) is 10.3 Å². The Morgan fingerprint density at radius 1 is 1.16 bits per heavy atom. The summed E-state index contributed by atoms with van der Waals surface area (Å²) in [4.78, 5) is 38.2. The van der Waals surface area contributed by atoms with Crippen molar-refractivity contribution in [1.82, 2.24) is 9.97 Å². The fourth-order valence-electron chi connectivity index (χ4n) is 1.35. The summed E-state index contributed by atoms with van der Waals surface area (Å²) < 4.78 is 0. The van der Waals surface area contributed by atoms with Crippen molar-refractivity contribution in [2.75, 3.05) is 5.32 Å². The van der Waals surface area contributed by atoms with Crippen LogP contribution in [-0.2, 0) is 0 Å². The lowest BCUT2D eigenvalue weighted by Crippen LogP contribution is -2.29. The van der Waals surface area contributed by atoms with Crippen LogP contribution < -0.4 is 16.6 Å². The molecule has 1 amide bonds. The Morgan fingerprint density at radius 3 is 2.53 bits per heavy atom. The van der Waals surface area contributed by atoms with E-state index in [9.17, 15) is 14.4 Å². The van der Waals surface area contributed by atoms with Gasteiger partial charge in [-0.2, -0.15) is 0 Å². The van der Waals surface area contributed by atoms with Crippen LogP contribution >= 0.6 is 23.2 Å². The third kappa shape index (κ3) is 3.04. The van der Waals surface area contributed by atoms with Gasteiger partial charge in [0.2, 0.25) is 0 Å². The summed E-state index contributed by atoms with van der Waals surface area (Å²) >= 11 is 11.5. The van der Waals surface area contributed by atoms with Crippen molar-refractivity contribution >= 4 is 34.8 Å². The maximum Gasteiger partial charge on any atom is 0.325 e. The fourth-order valence-corrected chi connectivity index (χ4v) is 1.65. The molecule has 0 aliphatic heterocycles. The molecule has 3 N–H and O–H groups in total. The van der Waals surface area contributed by atoms with E-state index in [-0.39, 0.29) is 10.6 Å². The van der Waals surface area contributed by atoms with Gasteiger partial charge in [-0.1, -0.05) is 23.2 Å². The molecule has 0 aliphatic carbocycles. The molecule has 0 aliphatic rings. The first-order chi connectivity index (χ1) is 8.97. The third-order valence-electron chi connectivity index (χ3n) is 2.24. The van der Waals surface area contributed by atoms with Gasteiger partial charge in [0, 0.05) is 11.9 Å². The number of rotatable bonds is 2. The number of aromatic nitrogens is 2. The van der Waals surface area contributed by atoms with E-state index in [4.69, 9.17) is 23.2 Å². The molecule has 1 aromatic heterocycles. The summed E-state index contributed by atoms with van der Waals surface area (Å²) in [5, 5.41) is 3.08. The molecular formula is C11H7Cl2N3O3. The van der Waals surface area contributed by atoms with E-state index in [0.717, 1.165) is 6.20 Å². The first-order valence-electron chi connectivity index (χ1n) is 5.06. The van der Waals surface area contributed by atoms with Gasteiger partial charge >= 0.3 is 5.69 Å². The minimum absolute atomic E-state index is 0.217. The molecule has 2 rings (SSSR count). The van der Waals surface area contributed by atoms with Crippen molar-refractivity contribution < 1.29 is 4.79 Å². The number of halogens is 2. The second-order valence-corrected chi connectivity index (χ2v) is 4.38. The van der Waals surface area contributed by atoms with Gasteiger partial charge < -0.3 is 10.3 Å². The van der Waals surface area contributed by atoms with Crippen LogP contribution in [0.4, 0.5) is 5.69 Å². The number of benzene rings is 1. The number of H-pyrrole nitrogens is 2. The van der Waals surface area contributed by atoms with Crippen LogP contribution in [0.2, 0.25) is 10.0 Å². The highest BCUT2D eigenvalue weighted by Gasteiger charge is 2.11. The van der Waals surface area contributed by atoms with Crippen molar-refractivity contribution in [3.63, 3.8) is 0 Å². The molecule has 98 valence electrons. The number of carbonyl (C=O) groups excluding carboxylic acids is 1. The lowest BCUT2D eigenvalue weighted by molar-refractivity contribution is 0.102. The van der Waals surface area contributed by atoms with Crippen LogP contribution in [-0.4, -0.2) is 15.9 Å². The van der Waals surface area contributed by atoms with Gasteiger partial charge in [-0.05, 0) is 18.2 Å². The molecule has 8 heteroatoms. The zero-order valence-electron chi connectivity index (χ0n) is 9.29. The summed E-state index contributed by atoms with van der Waals surface area (Å²) in [5.41, 5.74) is -1.30. The van der Waals surface area contributed by atoms with E-state index < -0.39 is 17.2 Å². The highest BCUT2D eigenvalue weighted by Crippen LogP contribution is 2.25. The zero-order chi connectivity index (χ0) is 14.0. The predicted molar refractivity (Wildman–Crippen MR) is 72.1 cm³/mol. The first-order valence-corrected chi connectivity index (χ1v) is 5.81. The Morgan fingerprint density at radius 2 is 1.89 bits per heavy atom. The minimum Gasteiger partial charge on any atom is -0.322 e. The van der Waals surface area contributed by atoms with Crippen LogP contribution in [0.3, 0.4) is 0 Å². The van der Waals surface area contributed by atoms with Crippen molar-refractivity contribution in [2.24, 2.45) is 0 Å². The van der Waals surface area contributed by atoms with E-state index in [1.54, 1.807) is 0 Å². The van der Waals surface area contributed by atoms with Crippen LogP contribution in [0.25, 0.3) is 0 Å². The smallest absolute Gasteiger partial charge is 0.322 e. The molecule has 1 heterocycles. The van der Waals surface area contributed by atoms with E-state index >= 15 is 0 Å². The average Bonchev–Trinajstić information content (AvgIpc) is 2.33. The molecule has 0 saturated heterocycles. The standard InChI is InChI=1S/C11H7Cl2N3O3/c12-7-2-1-5(3-8(7)13)15-9(17)6-4-14-11(19)16-10(6)18/h1-4H,(H,15,17)(H2,14,16,18,19). The van der Waals surface area contributed by atoms with Crippen molar-refractivity contribution in [2.45, 2.75) is 0 Å². The Bertz CT molecular complexity index is 751. The van der Waals surface area contributed by atoms with Crippen LogP contribution in [0.15, 0.2) is 34.0 Å². The van der Waals surface area contributed by atoms with Crippen LogP contribution in [0.5, 0.6) is 0 Å². The Kier molecular flexibility index (Phi) is 3.73. The second kappa shape index (κ2) is 5.29. The van der Waals surface area contributed by atoms with Crippen molar-refractivity contribution in [1.29, 1.82) is 0 Å². The van der Waals surface area contributed by atoms with Crippen LogP contribution in [0, 0.1) is 0 Å². The average molecular weight is 300 g/mol. The summed E-state index contributed by atoms with van der Waals surface area (Å²) in [7, 11) is 0. The highest BCUT2D eigenvalue weighted by molar-refractivity contribution is 6.42. The van der Waals surface area contributed by atoms with Gasteiger partial charge in [-0.15, -0.1) is 0 Å². The number of hydrogen-bond acceptors (Lipinski definition) is 3. The summed E-state index contributed by atoms with van der Waals surface area (Å²) in [6.45, 7) is 0. The third-order valence-corrected chi connectivity index (χ3v) is 2.98. The highest BCUT2D eigenvalue weighted by atomic mass is 35.5. The predicted octanol–water partition coefficient (Wildman–Crippen LogP) is 1.62. The van der Waals surface area contributed by atoms with Gasteiger partial charge in [0.1, 0.15) is 5.56 Å². The first kappa shape index (κ1) is 13.4. The summed E-state index contributed by atoms with van der Waals surface area (Å²) in [6.07, 6.45) is 1.04. The molecule has 6 nitrogen and oxygen atoms in total. The SMILES string of the molecule is O=C(Nc1ccc(Cl)c(Cl)c1)c1c[nH]c(=O)[nH]c1=O. The Labute approximate surface area is 116 Å². The summed E-state index contributed by atoms with van der Waals surface area (Å²) in [5.74, 6) is -0.670. The monoisotopic (exact) mass is 299 g/mol. The quantitative estimate of drug-likeness (QED) is 0.786. The van der Waals surface area contributed by atoms with E-state index in [1.165, 1.54) is 18.2 Å². The molecule has 0 spiro atoms. The molecule has 0 radical (unpaired) electrons. The maximum absolute atomic E-state index is 11.8. The minimum atomic E-state index is -0.777. The number of anilines is 1. The molecule has 0 bridgehead atoms. The summed E-state index contributed by atoms with van der Waals surface area (Å²) in [6, 6.07) is 4.49. The normalized spacial score (nSPS) is 10.2. The van der Waals surface area contributed by atoms with Gasteiger partial charge in [-0.3, -0.25) is 14.6 Å². The molecule has 0 fully saturated rings. The van der Waals surface area contributed by atoms with Gasteiger partial charge in [0.15, 0.2) is 0 Å². The lowest BCUT2D eigenvalue weighted by Gasteiger charge is -2.05. The number of amides is 1. The molecular weight excluding hydrogens is 293 g/mol. The van der Waals surface area contributed by atoms with E-state index in [1.807, 2.05) is 4.98 Å². The number of nitrogens with one attached hydrogen (secondary N) is 3. The van der Waals surface area contributed by atoms with Crippen LogP contribution in [0.1, 0.15) is 10.4 Å². The zero-order valence-corrected chi connectivity index (χ0v) is 10.8. The van der Waals surface area contributed by atoms with Gasteiger partial charge in [0.05, 0.1) is 10.0 Å². The molecule has 1 aromatic carbocycles. The Hall–Kier alpha value is -2.05. The van der Waals surface area contributed by atoms with Crippen molar-refractivity contribution in [3.05, 3.63) is 60.8 Å². The fraction of sp³-hybridized carbons (Fsp3) is 0. The molecule has 0 unspecified atom stereocenters. The van der Waals surface area contributed by atoms with Gasteiger partial charge in [0.25, 0.3) is 11.5 Å². The molecule has 2 aromatic rings.